The highest BCUT2D eigenvalue weighted by atomic mass is 15.3. The van der Waals surface area contributed by atoms with Gasteiger partial charge in [-0.3, -0.25) is 0 Å². The number of rotatable bonds is 4. The maximum absolute atomic E-state index is 6.06. The summed E-state index contributed by atoms with van der Waals surface area (Å²) < 4.78 is 0. The van der Waals surface area contributed by atoms with Crippen LogP contribution in [0.2, 0.25) is 0 Å². The summed E-state index contributed by atoms with van der Waals surface area (Å²) in [6, 6.07) is 8.64. The number of hydrogen-bond donors (Lipinski definition) is 1. The van der Waals surface area contributed by atoms with Crippen molar-refractivity contribution in [3.05, 3.63) is 24.3 Å². The van der Waals surface area contributed by atoms with Gasteiger partial charge in [-0.1, -0.05) is 25.5 Å². The Labute approximate surface area is 111 Å². The highest BCUT2D eigenvalue weighted by Gasteiger charge is 2.33. The van der Waals surface area contributed by atoms with Gasteiger partial charge in [-0.05, 0) is 25.5 Å². The molecular weight excluding hydrogens is 222 g/mol. The van der Waals surface area contributed by atoms with Crippen molar-refractivity contribution in [1.29, 1.82) is 0 Å². The van der Waals surface area contributed by atoms with E-state index in [1.54, 1.807) is 0 Å². The maximum Gasteiger partial charge on any atom is 0.0609 e. The van der Waals surface area contributed by atoms with Crippen molar-refractivity contribution in [3.63, 3.8) is 0 Å². The first-order valence-corrected chi connectivity index (χ1v) is 6.90. The van der Waals surface area contributed by atoms with Crippen molar-refractivity contribution in [2.45, 2.75) is 32.2 Å². The highest BCUT2D eigenvalue weighted by Crippen LogP contribution is 2.37. The molecule has 0 amide bonds. The van der Waals surface area contributed by atoms with Gasteiger partial charge in [-0.25, -0.2) is 0 Å². The van der Waals surface area contributed by atoms with E-state index in [4.69, 9.17) is 5.73 Å². The van der Waals surface area contributed by atoms with E-state index in [1.165, 1.54) is 17.8 Å². The lowest BCUT2D eigenvalue weighted by atomic mass is 9.92. The molecule has 3 nitrogen and oxygen atoms in total. The van der Waals surface area contributed by atoms with Crippen LogP contribution in [-0.4, -0.2) is 32.2 Å². The molecule has 0 saturated heterocycles. The van der Waals surface area contributed by atoms with E-state index in [1.807, 2.05) is 0 Å². The Morgan fingerprint density at radius 2 is 1.89 bits per heavy atom. The third kappa shape index (κ3) is 2.19. The van der Waals surface area contributed by atoms with Crippen molar-refractivity contribution < 1.29 is 0 Å². The zero-order chi connectivity index (χ0) is 13.2. The minimum Gasteiger partial charge on any atom is -0.371 e. The van der Waals surface area contributed by atoms with Crippen LogP contribution in [0, 0.1) is 0 Å². The average Bonchev–Trinajstić information content (AvgIpc) is 2.39. The van der Waals surface area contributed by atoms with Crippen LogP contribution in [0.4, 0.5) is 11.4 Å². The number of fused-ring (bicyclic) bond motifs is 1. The Balaban J connectivity index is 2.38. The lowest BCUT2D eigenvalue weighted by Gasteiger charge is -2.47. The smallest absolute Gasteiger partial charge is 0.0609 e. The molecule has 100 valence electrons. The number of likely N-dealkylation sites (N-methyl/N-ethyl adjacent to an activating group) is 1. The molecule has 0 saturated carbocycles. The molecule has 1 aromatic rings. The first-order valence-electron chi connectivity index (χ1n) is 6.90. The van der Waals surface area contributed by atoms with Crippen molar-refractivity contribution in [2.24, 2.45) is 5.73 Å². The fraction of sp³-hybridized carbons (Fsp3) is 0.600. The van der Waals surface area contributed by atoms with E-state index in [-0.39, 0.29) is 5.54 Å². The molecule has 1 aliphatic rings. The minimum absolute atomic E-state index is 0.0755. The lowest BCUT2D eigenvalue weighted by Crippen LogP contribution is -2.56. The van der Waals surface area contributed by atoms with Crippen molar-refractivity contribution >= 4 is 11.4 Å². The summed E-state index contributed by atoms with van der Waals surface area (Å²) in [6.45, 7) is 7.35. The van der Waals surface area contributed by atoms with Crippen LogP contribution in [0.3, 0.4) is 0 Å². The first kappa shape index (κ1) is 13.2. The Bertz CT molecular complexity index is 404. The molecular formula is C15H25N3. The summed E-state index contributed by atoms with van der Waals surface area (Å²) in [5, 5.41) is 0. The zero-order valence-electron chi connectivity index (χ0n) is 11.8. The van der Waals surface area contributed by atoms with E-state index >= 15 is 0 Å². The number of hydrogen-bond acceptors (Lipinski definition) is 3. The standard InChI is InChI=1S/C15H25N3/c1-4-9-15(2,12-16)18-11-10-17(3)13-7-5-6-8-14(13)18/h5-8H,4,9-12,16H2,1-3H3. The van der Waals surface area contributed by atoms with Crippen LogP contribution < -0.4 is 15.5 Å². The molecule has 2 N–H and O–H groups in total. The van der Waals surface area contributed by atoms with E-state index in [2.05, 4.69) is 55.0 Å². The molecule has 0 fully saturated rings. The predicted octanol–water partition coefficient (Wildman–Crippen LogP) is 2.46. The Hall–Kier alpha value is -1.22. The zero-order valence-corrected chi connectivity index (χ0v) is 11.8. The number of para-hydroxylation sites is 2. The summed E-state index contributed by atoms with van der Waals surface area (Å²) in [7, 11) is 2.16. The summed E-state index contributed by atoms with van der Waals surface area (Å²) in [4.78, 5) is 4.83. The average molecular weight is 247 g/mol. The van der Waals surface area contributed by atoms with Gasteiger partial charge in [0.2, 0.25) is 0 Å². The van der Waals surface area contributed by atoms with Gasteiger partial charge in [0.1, 0.15) is 0 Å². The number of nitrogens with zero attached hydrogens (tertiary/aromatic N) is 2. The fourth-order valence-corrected chi connectivity index (χ4v) is 2.95. The van der Waals surface area contributed by atoms with E-state index < -0.39 is 0 Å². The second-order valence-corrected chi connectivity index (χ2v) is 5.51. The molecule has 2 rings (SSSR count). The quantitative estimate of drug-likeness (QED) is 0.887. The number of benzene rings is 1. The third-order valence-electron chi connectivity index (χ3n) is 4.12. The van der Waals surface area contributed by atoms with Gasteiger partial charge in [-0.15, -0.1) is 0 Å². The molecule has 0 spiro atoms. The molecule has 3 heteroatoms. The first-order chi connectivity index (χ1) is 8.62. The van der Waals surface area contributed by atoms with Crippen LogP contribution in [0.1, 0.15) is 26.7 Å². The Morgan fingerprint density at radius 3 is 2.50 bits per heavy atom. The van der Waals surface area contributed by atoms with Crippen molar-refractivity contribution in [3.8, 4) is 0 Å². The van der Waals surface area contributed by atoms with Gasteiger partial charge in [0, 0.05) is 32.2 Å². The van der Waals surface area contributed by atoms with Crippen LogP contribution in [0.25, 0.3) is 0 Å². The molecule has 1 aliphatic heterocycles. The van der Waals surface area contributed by atoms with Crippen LogP contribution in [0.15, 0.2) is 24.3 Å². The predicted molar refractivity (Wildman–Crippen MR) is 79.4 cm³/mol. The molecule has 0 aliphatic carbocycles. The molecule has 1 heterocycles. The van der Waals surface area contributed by atoms with E-state index in [9.17, 15) is 0 Å². The van der Waals surface area contributed by atoms with Gasteiger partial charge in [0.05, 0.1) is 11.4 Å². The molecule has 1 atom stereocenters. The van der Waals surface area contributed by atoms with Crippen LogP contribution in [-0.2, 0) is 0 Å². The molecule has 0 aromatic heterocycles. The SMILES string of the molecule is CCCC(C)(CN)N1CCN(C)c2ccccc21. The largest absolute Gasteiger partial charge is 0.371 e. The number of anilines is 2. The Kier molecular flexibility index (Phi) is 3.81. The van der Waals surface area contributed by atoms with Crippen LogP contribution >= 0.6 is 0 Å². The van der Waals surface area contributed by atoms with E-state index in [0.29, 0.717) is 6.54 Å². The normalized spacial score (nSPS) is 18.4. The molecule has 0 bridgehead atoms. The van der Waals surface area contributed by atoms with Gasteiger partial charge < -0.3 is 15.5 Å². The maximum atomic E-state index is 6.06. The topological polar surface area (TPSA) is 32.5 Å². The second-order valence-electron chi connectivity index (χ2n) is 5.51. The summed E-state index contributed by atoms with van der Waals surface area (Å²) >= 11 is 0. The van der Waals surface area contributed by atoms with Gasteiger partial charge in [0.25, 0.3) is 0 Å². The van der Waals surface area contributed by atoms with Crippen molar-refractivity contribution in [2.75, 3.05) is 36.5 Å². The van der Waals surface area contributed by atoms with Crippen LogP contribution in [0.5, 0.6) is 0 Å². The monoisotopic (exact) mass is 247 g/mol. The molecule has 0 radical (unpaired) electrons. The molecule has 18 heavy (non-hydrogen) atoms. The number of nitrogens with two attached hydrogens (primary N) is 1. The highest BCUT2D eigenvalue weighted by molar-refractivity contribution is 5.74. The molecule has 1 unspecified atom stereocenters. The van der Waals surface area contributed by atoms with E-state index in [0.717, 1.165) is 19.5 Å². The van der Waals surface area contributed by atoms with Gasteiger partial charge in [0.15, 0.2) is 0 Å². The summed E-state index contributed by atoms with van der Waals surface area (Å²) in [5.74, 6) is 0. The summed E-state index contributed by atoms with van der Waals surface area (Å²) in [5.41, 5.74) is 8.78. The lowest BCUT2D eigenvalue weighted by molar-refractivity contribution is 0.392. The van der Waals surface area contributed by atoms with Gasteiger partial charge >= 0.3 is 0 Å². The minimum atomic E-state index is 0.0755. The van der Waals surface area contributed by atoms with Crippen molar-refractivity contribution in [1.82, 2.24) is 0 Å². The summed E-state index contributed by atoms with van der Waals surface area (Å²) in [6.07, 6.45) is 2.31. The second kappa shape index (κ2) is 5.19. The van der Waals surface area contributed by atoms with Gasteiger partial charge in [-0.2, -0.15) is 0 Å². The Morgan fingerprint density at radius 1 is 1.22 bits per heavy atom. The fourth-order valence-electron chi connectivity index (χ4n) is 2.95. The molecule has 1 aromatic carbocycles. The third-order valence-corrected chi connectivity index (χ3v) is 4.12.